The molecule has 1 aromatic carbocycles. The molecule has 5 N–H and O–H groups in total. The van der Waals surface area contributed by atoms with Gasteiger partial charge in [0.05, 0.1) is 6.17 Å². The lowest BCUT2D eigenvalue weighted by molar-refractivity contribution is -0.274. The van der Waals surface area contributed by atoms with E-state index in [1.54, 1.807) is 0 Å². The van der Waals surface area contributed by atoms with Crippen molar-refractivity contribution in [3.8, 4) is 5.75 Å². The molecular formula is C28H45F3N6O2. The number of halogens is 3. The van der Waals surface area contributed by atoms with Crippen LogP contribution in [0.2, 0.25) is 0 Å². The van der Waals surface area contributed by atoms with Crippen LogP contribution in [0.4, 0.5) is 23.7 Å². The fourth-order valence-electron chi connectivity index (χ4n) is 6.36. The lowest BCUT2D eigenvalue weighted by atomic mass is 9.70. The zero-order valence-electron chi connectivity index (χ0n) is 23.2. The predicted molar refractivity (Wildman–Crippen MR) is 146 cm³/mol. The molecule has 0 spiro atoms. The molecule has 3 unspecified atom stereocenters. The maximum Gasteiger partial charge on any atom is 0.573 e. The Balaban J connectivity index is 1.43. The highest BCUT2D eigenvalue weighted by molar-refractivity contribution is 5.89. The molecule has 3 atom stereocenters. The lowest BCUT2D eigenvalue weighted by Gasteiger charge is -2.52. The van der Waals surface area contributed by atoms with Crippen molar-refractivity contribution in [1.29, 1.82) is 0 Å². The van der Waals surface area contributed by atoms with E-state index in [1.165, 1.54) is 82.1 Å². The summed E-state index contributed by atoms with van der Waals surface area (Å²) < 4.78 is 41.3. The van der Waals surface area contributed by atoms with Crippen molar-refractivity contribution in [2.24, 2.45) is 11.8 Å². The Labute approximate surface area is 230 Å². The standard InChI is InChI=1S/C28H45F3N6O2/c1-37(2)18-8-17-32-24-19-27(21-11-12-21,20-9-6-4-3-5-7-10-20)36-25(34-24)35-26(38)33-22-13-15-23(16-14-22)39-28(29,30)31/h13-16,20-21,24-25,32,34,36H,3-12,17-19H2,1-2H3,(H2,33,35,38). The minimum absolute atomic E-state index is 0.0453. The van der Waals surface area contributed by atoms with Crippen molar-refractivity contribution in [1.82, 2.24) is 26.2 Å². The molecule has 3 fully saturated rings. The number of hydrogen-bond acceptors (Lipinski definition) is 6. The predicted octanol–water partition coefficient (Wildman–Crippen LogP) is 4.95. The number of hydrogen-bond donors (Lipinski definition) is 5. The van der Waals surface area contributed by atoms with E-state index in [9.17, 15) is 18.0 Å². The number of anilines is 1. The van der Waals surface area contributed by atoms with Gasteiger partial charge in [-0.15, -0.1) is 13.2 Å². The van der Waals surface area contributed by atoms with Crippen LogP contribution in [0.3, 0.4) is 0 Å². The van der Waals surface area contributed by atoms with Crippen molar-refractivity contribution in [2.45, 2.75) is 95.0 Å². The number of urea groups is 1. The molecule has 1 saturated heterocycles. The van der Waals surface area contributed by atoms with Crippen molar-refractivity contribution in [2.75, 3.05) is 32.5 Å². The highest BCUT2D eigenvalue weighted by Crippen LogP contribution is 2.50. The fraction of sp³-hybridized carbons (Fsp3) is 0.750. The summed E-state index contributed by atoms with van der Waals surface area (Å²) in [7, 11) is 4.15. The quantitative estimate of drug-likeness (QED) is 0.263. The van der Waals surface area contributed by atoms with E-state index in [4.69, 9.17) is 0 Å². The minimum atomic E-state index is -4.76. The molecule has 1 aliphatic heterocycles. The van der Waals surface area contributed by atoms with Gasteiger partial charge in [0.1, 0.15) is 12.0 Å². The second-order valence-electron chi connectivity index (χ2n) is 11.6. The first kappa shape index (κ1) is 29.9. The number of rotatable bonds is 10. The topological polar surface area (TPSA) is 89.7 Å². The molecule has 1 heterocycles. The van der Waals surface area contributed by atoms with Gasteiger partial charge in [0, 0.05) is 11.2 Å². The molecule has 2 amide bonds. The number of carbonyl (C=O) groups is 1. The second-order valence-corrected chi connectivity index (χ2v) is 11.6. The second kappa shape index (κ2) is 13.5. The van der Waals surface area contributed by atoms with E-state index >= 15 is 0 Å². The largest absolute Gasteiger partial charge is 0.573 e. The smallest absolute Gasteiger partial charge is 0.406 e. The monoisotopic (exact) mass is 554 g/mol. The summed E-state index contributed by atoms with van der Waals surface area (Å²) >= 11 is 0. The molecular weight excluding hydrogens is 509 g/mol. The van der Waals surface area contributed by atoms with Crippen LogP contribution >= 0.6 is 0 Å². The van der Waals surface area contributed by atoms with Crippen molar-refractivity contribution >= 4 is 11.7 Å². The number of benzene rings is 1. The van der Waals surface area contributed by atoms with Gasteiger partial charge in [0.25, 0.3) is 0 Å². The van der Waals surface area contributed by atoms with Gasteiger partial charge >= 0.3 is 12.4 Å². The number of nitrogens with zero attached hydrogens (tertiary/aromatic N) is 1. The molecule has 1 aromatic rings. The molecule has 8 nitrogen and oxygen atoms in total. The van der Waals surface area contributed by atoms with E-state index in [-0.39, 0.29) is 17.5 Å². The Bertz CT molecular complexity index is 904. The van der Waals surface area contributed by atoms with Gasteiger partial charge in [0.2, 0.25) is 0 Å². The third kappa shape index (κ3) is 9.23. The van der Waals surface area contributed by atoms with Gasteiger partial charge in [-0.05, 0) is 102 Å². The van der Waals surface area contributed by atoms with E-state index in [2.05, 4.69) is 50.3 Å². The highest BCUT2D eigenvalue weighted by atomic mass is 19.4. The molecule has 4 rings (SSSR count). The maximum absolute atomic E-state index is 13.0. The van der Waals surface area contributed by atoms with Crippen molar-refractivity contribution in [3.63, 3.8) is 0 Å². The average Bonchev–Trinajstić information content (AvgIpc) is 3.68. The van der Waals surface area contributed by atoms with Gasteiger partial charge in [-0.2, -0.15) is 0 Å². The van der Waals surface area contributed by atoms with Gasteiger partial charge in [-0.25, -0.2) is 4.79 Å². The molecule has 0 aromatic heterocycles. The van der Waals surface area contributed by atoms with Crippen molar-refractivity contribution < 1.29 is 22.7 Å². The molecule has 11 heteroatoms. The van der Waals surface area contributed by atoms with E-state index in [1.807, 2.05) is 0 Å². The molecule has 2 saturated carbocycles. The van der Waals surface area contributed by atoms with Crippen LogP contribution in [0.15, 0.2) is 24.3 Å². The molecule has 220 valence electrons. The summed E-state index contributed by atoms with van der Waals surface area (Å²) in [6.07, 6.45) is 8.12. The molecule has 39 heavy (non-hydrogen) atoms. The summed E-state index contributed by atoms with van der Waals surface area (Å²) in [6, 6.07) is 4.71. The van der Waals surface area contributed by atoms with E-state index in [0.29, 0.717) is 17.5 Å². The zero-order chi connectivity index (χ0) is 27.9. The van der Waals surface area contributed by atoms with E-state index in [0.717, 1.165) is 25.9 Å². The first-order valence-corrected chi connectivity index (χ1v) is 14.5. The Morgan fingerprint density at radius 3 is 2.28 bits per heavy atom. The van der Waals surface area contributed by atoms with Crippen LogP contribution in [0.25, 0.3) is 0 Å². The van der Waals surface area contributed by atoms with E-state index < -0.39 is 18.7 Å². The van der Waals surface area contributed by atoms with Gasteiger partial charge in [0.15, 0.2) is 0 Å². The number of carbonyl (C=O) groups excluding carboxylic acids is 1. The normalized spacial score (nSPS) is 27.0. The molecule has 0 bridgehead atoms. The summed E-state index contributed by atoms with van der Waals surface area (Å²) in [5.41, 5.74) is 0.334. The Morgan fingerprint density at radius 1 is 1.03 bits per heavy atom. The van der Waals surface area contributed by atoms with Crippen LogP contribution in [0, 0.1) is 11.8 Å². The summed E-state index contributed by atoms with van der Waals surface area (Å²) in [5.74, 6) is 0.830. The molecule has 2 aliphatic carbocycles. The van der Waals surface area contributed by atoms with Crippen LogP contribution in [-0.2, 0) is 0 Å². The Hall–Kier alpha value is -2.08. The Kier molecular flexibility index (Phi) is 10.4. The average molecular weight is 555 g/mol. The molecule has 0 radical (unpaired) electrons. The highest BCUT2D eigenvalue weighted by Gasteiger charge is 2.53. The zero-order valence-corrected chi connectivity index (χ0v) is 23.2. The molecule has 3 aliphatic rings. The maximum atomic E-state index is 13.0. The van der Waals surface area contributed by atoms with Crippen LogP contribution in [0.1, 0.15) is 70.6 Å². The van der Waals surface area contributed by atoms with Gasteiger partial charge in [-0.3, -0.25) is 10.6 Å². The minimum Gasteiger partial charge on any atom is -0.406 e. The van der Waals surface area contributed by atoms with Gasteiger partial charge in [-0.1, -0.05) is 32.1 Å². The number of alkyl halides is 3. The third-order valence-corrected chi connectivity index (χ3v) is 8.26. The van der Waals surface area contributed by atoms with Crippen LogP contribution in [-0.4, -0.2) is 62.5 Å². The number of amides is 2. The fourth-order valence-corrected chi connectivity index (χ4v) is 6.36. The number of ether oxygens (including phenoxy) is 1. The summed E-state index contributed by atoms with van der Waals surface area (Å²) in [6.45, 7) is 1.89. The van der Waals surface area contributed by atoms with Crippen LogP contribution < -0.4 is 31.3 Å². The van der Waals surface area contributed by atoms with Gasteiger partial charge < -0.3 is 25.6 Å². The van der Waals surface area contributed by atoms with Crippen molar-refractivity contribution in [3.05, 3.63) is 24.3 Å². The third-order valence-electron chi connectivity index (χ3n) is 8.26. The SMILES string of the molecule is CN(C)CCCNC1CC(C2CCCCCCC2)(C2CC2)NC(NC(=O)Nc2ccc(OC(F)(F)F)cc2)N1. The lowest BCUT2D eigenvalue weighted by Crippen LogP contribution is -2.75. The first-order valence-electron chi connectivity index (χ1n) is 14.5. The summed E-state index contributed by atoms with van der Waals surface area (Å²) in [4.78, 5) is 15.1. The first-order chi connectivity index (χ1) is 18.6. The summed E-state index contributed by atoms with van der Waals surface area (Å²) in [5, 5.41) is 16.9. The number of nitrogens with one attached hydrogen (secondary N) is 5. The Morgan fingerprint density at radius 2 is 1.67 bits per heavy atom. The van der Waals surface area contributed by atoms with Crippen LogP contribution in [0.5, 0.6) is 5.75 Å².